The number of nitrogens with one attached hydrogen (secondary N) is 2. The minimum absolute atomic E-state index is 0.222. The van der Waals surface area contributed by atoms with Crippen molar-refractivity contribution in [2.45, 2.75) is 20.3 Å². The highest BCUT2D eigenvalue weighted by Gasteiger charge is 2.18. The standard InChI is InChI=1S/C17H17FN2O4.C16H18N2O3/c1-10-8-12(17(22)23)16(21)19-15(10)11-2-3-14(13(18)9-11)20-4-6-24-7-5-20;1-4-10-9-13(16(20)21)15(19)17-14(10)11-5-7-12(8-6-11)18(2)3/h2-3,8-9H,4-7H2,1H3,(H,19,21)(H,22,23);5-9H,4H2,1-3H3,(H,17,19)(H,20,21). The number of aromatic amines is 2. The quantitative estimate of drug-likeness (QED) is 0.236. The van der Waals surface area contributed by atoms with Crippen LogP contribution in [0.3, 0.4) is 0 Å². The zero-order valence-electron chi connectivity index (χ0n) is 25.4. The molecule has 1 saturated heterocycles. The molecule has 0 unspecified atom stereocenters. The molecule has 0 aliphatic carbocycles. The van der Waals surface area contributed by atoms with E-state index in [0.29, 0.717) is 60.9 Å². The Bertz CT molecular complexity index is 1820. The number of pyridine rings is 2. The van der Waals surface area contributed by atoms with Crippen LogP contribution in [-0.4, -0.2) is 72.5 Å². The molecular formula is C33H35FN4O7. The molecule has 0 amide bonds. The van der Waals surface area contributed by atoms with Crippen molar-refractivity contribution in [3.05, 3.63) is 103 Å². The molecule has 3 heterocycles. The van der Waals surface area contributed by atoms with Gasteiger partial charge in [-0.05, 0) is 66.4 Å². The Morgan fingerprint density at radius 1 is 0.867 bits per heavy atom. The van der Waals surface area contributed by atoms with Gasteiger partial charge in [0.1, 0.15) is 16.9 Å². The van der Waals surface area contributed by atoms with E-state index in [1.807, 2.05) is 55.1 Å². The Balaban J connectivity index is 0.000000207. The Labute approximate surface area is 258 Å². The van der Waals surface area contributed by atoms with Gasteiger partial charge in [0.05, 0.1) is 30.3 Å². The monoisotopic (exact) mass is 618 g/mol. The highest BCUT2D eigenvalue weighted by molar-refractivity contribution is 5.88. The summed E-state index contributed by atoms with van der Waals surface area (Å²) in [5, 5.41) is 18.0. The van der Waals surface area contributed by atoms with Gasteiger partial charge in [0.15, 0.2) is 0 Å². The van der Waals surface area contributed by atoms with Crippen molar-refractivity contribution < 1.29 is 28.9 Å². The van der Waals surface area contributed by atoms with E-state index in [1.165, 1.54) is 18.2 Å². The van der Waals surface area contributed by atoms with Gasteiger partial charge in [-0.15, -0.1) is 0 Å². The summed E-state index contributed by atoms with van der Waals surface area (Å²) in [5.41, 5.74) is 3.53. The summed E-state index contributed by atoms with van der Waals surface area (Å²) in [7, 11) is 3.91. The van der Waals surface area contributed by atoms with E-state index in [1.54, 1.807) is 19.1 Å². The number of hydrogen-bond acceptors (Lipinski definition) is 7. The Morgan fingerprint density at radius 3 is 1.96 bits per heavy atom. The van der Waals surface area contributed by atoms with Gasteiger partial charge in [-0.1, -0.05) is 25.1 Å². The highest BCUT2D eigenvalue weighted by atomic mass is 19.1. The lowest BCUT2D eigenvalue weighted by molar-refractivity contribution is 0.0684. The largest absolute Gasteiger partial charge is 0.477 e. The topological polar surface area (TPSA) is 156 Å². The van der Waals surface area contributed by atoms with Gasteiger partial charge >= 0.3 is 11.9 Å². The molecule has 4 aromatic rings. The van der Waals surface area contributed by atoms with E-state index in [4.69, 9.17) is 14.9 Å². The van der Waals surface area contributed by atoms with E-state index in [-0.39, 0.29) is 11.1 Å². The van der Waals surface area contributed by atoms with Crippen molar-refractivity contribution in [1.29, 1.82) is 0 Å². The molecule has 1 fully saturated rings. The highest BCUT2D eigenvalue weighted by Crippen LogP contribution is 2.28. The maximum Gasteiger partial charge on any atom is 0.341 e. The van der Waals surface area contributed by atoms with E-state index in [0.717, 1.165) is 16.8 Å². The number of carboxylic acids is 2. The van der Waals surface area contributed by atoms with E-state index in [9.17, 15) is 23.6 Å². The number of anilines is 2. The van der Waals surface area contributed by atoms with Crippen LogP contribution in [0.4, 0.5) is 15.8 Å². The Hall–Kier alpha value is -5.23. The zero-order valence-corrected chi connectivity index (χ0v) is 25.4. The molecular weight excluding hydrogens is 583 g/mol. The minimum Gasteiger partial charge on any atom is -0.477 e. The molecule has 45 heavy (non-hydrogen) atoms. The third kappa shape index (κ3) is 7.47. The summed E-state index contributed by atoms with van der Waals surface area (Å²) in [6.07, 6.45) is 0.641. The summed E-state index contributed by atoms with van der Waals surface area (Å²) in [5.74, 6) is -2.89. The van der Waals surface area contributed by atoms with Crippen molar-refractivity contribution in [1.82, 2.24) is 9.97 Å². The number of hydrogen-bond donors (Lipinski definition) is 4. The third-order valence-electron chi connectivity index (χ3n) is 7.46. The molecule has 12 heteroatoms. The molecule has 11 nitrogen and oxygen atoms in total. The summed E-state index contributed by atoms with van der Waals surface area (Å²) >= 11 is 0. The van der Waals surface area contributed by atoms with Crippen molar-refractivity contribution in [2.24, 2.45) is 0 Å². The molecule has 1 aliphatic heterocycles. The van der Waals surface area contributed by atoms with Crippen molar-refractivity contribution >= 4 is 23.3 Å². The van der Waals surface area contributed by atoms with Crippen LogP contribution >= 0.6 is 0 Å². The molecule has 0 atom stereocenters. The van der Waals surface area contributed by atoms with Crippen LogP contribution in [0.15, 0.2) is 64.2 Å². The SMILES string of the molecule is CCc1cc(C(=O)O)c(=O)[nH]c1-c1ccc(N(C)C)cc1.Cc1cc(C(=O)O)c(=O)[nH]c1-c1ccc(N2CCOCC2)c(F)c1. The second-order valence-corrected chi connectivity index (χ2v) is 10.7. The molecule has 2 aromatic carbocycles. The van der Waals surface area contributed by atoms with Gasteiger partial charge in [0.25, 0.3) is 11.1 Å². The lowest BCUT2D eigenvalue weighted by Gasteiger charge is -2.29. The van der Waals surface area contributed by atoms with E-state index < -0.39 is 28.9 Å². The van der Waals surface area contributed by atoms with Gasteiger partial charge < -0.3 is 34.7 Å². The average molecular weight is 619 g/mol. The first-order valence-corrected chi connectivity index (χ1v) is 14.3. The first kappa shape index (κ1) is 32.7. The van der Waals surface area contributed by atoms with Crippen LogP contribution in [0.1, 0.15) is 38.8 Å². The summed E-state index contributed by atoms with van der Waals surface area (Å²) in [6.45, 7) is 5.97. The maximum atomic E-state index is 14.5. The number of benzene rings is 2. The Morgan fingerprint density at radius 2 is 1.42 bits per heavy atom. The lowest BCUT2D eigenvalue weighted by Crippen LogP contribution is -2.36. The predicted molar refractivity (Wildman–Crippen MR) is 170 cm³/mol. The molecule has 0 bridgehead atoms. The maximum absolute atomic E-state index is 14.5. The van der Waals surface area contributed by atoms with Crippen molar-refractivity contribution in [3.8, 4) is 22.5 Å². The summed E-state index contributed by atoms with van der Waals surface area (Å²) in [6, 6.07) is 15.2. The zero-order chi connectivity index (χ0) is 32.8. The van der Waals surface area contributed by atoms with Gasteiger partial charge in [-0.25, -0.2) is 14.0 Å². The normalized spacial score (nSPS) is 12.7. The number of rotatable bonds is 7. The van der Waals surface area contributed by atoms with Crippen molar-refractivity contribution in [3.63, 3.8) is 0 Å². The number of carboxylic acid groups (broad SMARTS) is 2. The van der Waals surface area contributed by atoms with Gasteiger partial charge in [0.2, 0.25) is 0 Å². The van der Waals surface area contributed by atoms with E-state index >= 15 is 0 Å². The van der Waals surface area contributed by atoms with Crippen LogP contribution in [0.5, 0.6) is 0 Å². The molecule has 0 spiro atoms. The van der Waals surface area contributed by atoms with Crippen molar-refractivity contribution in [2.75, 3.05) is 50.2 Å². The number of halogens is 1. The number of H-pyrrole nitrogens is 2. The third-order valence-corrected chi connectivity index (χ3v) is 7.46. The minimum atomic E-state index is -1.29. The van der Waals surface area contributed by atoms with Gasteiger partial charge in [0, 0.05) is 38.4 Å². The number of aromatic carboxylic acids is 2. The number of morpholine rings is 1. The lowest BCUT2D eigenvalue weighted by atomic mass is 10.0. The van der Waals surface area contributed by atoms with Crippen LogP contribution < -0.4 is 20.9 Å². The number of nitrogens with zero attached hydrogens (tertiary/aromatic N) is 2. The Kier molecular flexibility index (Phi) is 10.2. The van der Waals surface area contributed by atoms with Crippen LogP contribution in [0.2, 0.25) is 0 Å². The fourth-order valence-electron chi connectivity index (χ4n) is 5.01. The summed E-state index contributed by atoms with van der Waals surface area (Å²) < 4.78 is 19.8. The number of aryl methyl sites for hydroxylation is 2. The molecule has 5 rings (SSSR count). The molecule has 1 aliphatic rings. The second-order valence-electron chi connectivity index (χ2n) is 10.7. The van der Waals surface area contributed by atoms with Crippen LogP contribution in [-0.2, 0) is 11.2 Å². The first-order chi connectivity index (χ1) is 21.4. The predicted octanol–water partition coefficient (Wildman–Crippen LogP) is 4.39. The van der Waals surface area contributed by atoms with Crippen LogP contribution in [0, 0.1) is 12.7 Å². The molecule has 236 valence electrons. The number of carbonyl (C=O) groups is 2. The van der Waals surface area contributed by atoms with E-state index in [2.05, 4.69) is 9.97 Å². The molecule has 4 N–H and O–H groups in total. The molecule has 0 radical (unpaired) electrons. The first-order valence-electron chi connectivity index (χ1n) is 14.3. The fraction of sp³-hybridized carbons (Fsp3) is 0.273. The number of aromatic nitrogens is 2. The number of ether oxygens (including phenoxy) is 1. The summed E-state index contributed by atoms with van der Waals surface area (Å²) in [4.78, 5) is 54.9. The second kappa shape index (κ2) is 14.0. The smallest absolute Gasteiger partial charge is 0.341 e. The average Bonchev–Trinajstić information content (AvgIpc) is 3.02. The molecule has 0 saturated carbocycles. The fourth-order valence-corrected chi connectivity index (χ4v) is 5.01. The van der Waals surface area contributed by atoms with Gasteiger partial charge in [-0.3, -0.25) is 9.59 Å². The van der Waals surface area contributed by atoms with Gasteiger partial charge in [-0.2, -0.15) is 0 Å². The molecule has 2 aromatic heterocycles. The van der Waals surface area contributed by atoms with Crippen LogP contribution in [0.25, 0.3) is 22.5 Å².